The van der Waals surface area contributed by atoms with Gasteiger partial charge in [-0.15, -0.1) is 0 Å². The van der Waals surface area contributed by atoms with E-state index in [0.29, 0.717) is 16.0 Å². The van der Waals surface area contributed by atoms with Gasteiger partial charge in [-0.3, -0.25) is 0 Å². The lowest BCUT2D eigenvalue weighted by atomic mass is 9.93. The van der Waals surface area contributed by atoms with Crippen LogP contribution in [0.5, 0.6) is 0 Å². The molecule has 0 fully saturated rings. The Bertz CT molecular complexity index is 549. The summed E-state index contributed by atoms with van der Waals surface area (Å²) in [7, 11) is 0. The average Bonchev–Trinajstić information content (AvgIpc) is 2.42. The lowest BCUT2D eigenvalue weighted by Crippen LogP contribution is -2.05. The standard InChI is InChI=1S/C16H15BrCl2/c1-11-5-7-12(8-6-11)14(10-17)9-13-3-2-4-15(18)16(13)19/h2-8,14H,9-10H2,1H3. The molecular formula is C16H15BrCl2. The zero-order valence-electron chi connectivity index (χ0n) is 10.7. The zero-order valence-corrected chi connectivity index (χ0v) is 13.8. The normalized spacial score (nSPS) is 12.4. The first-order valence-corrected chi connectivity index (χ1v) is 8.05. The minimum Gasteiger partial charge on any atom is -0.0921 e. The fourth-order valence-electron chi connectivity index (χ4n) is 2.07. The largest absolute Gasteiger partial charge is 0.0921 e. The van der Waals surface area contributed by atoms with E-state index in [4.69, 9.17) is 23.2 Å². The Hall–Kier alpha value is -0.500. The van der Waals surface area contributed by atoms with Gasteiger partial charge in [0.25, 0.3) is 0 Å². The highest BCUT2D eigenvalue weighted by Crippen LogP contribution is 2.31. The first-order chi connectivity index (χ1) is 9.11. The molecule has 1 unspecified atom stereocenters. The second kappa shape index (κ2) is 6.78. The van der Waals surface area contributed by atoms with Gasteiger partial charge in [0, 0.05) is 5.33 Å². The Labute approximate surface area is 132 Å². The van der Waals surface area contributed by atoms with Crippen LogP contribution in [-0.4, -0.2) is 5.33 Å². The number of hydrogen-bond acceptors (Lipinski definition) is 0. The highest BCUT2D eigenvalue weighted by molar-refractivity contribution is 9.09. The number of rotatable bonds is 4. The third kappa shape index (κ3) is 3.75. The van der Waals surface area contributed by atoms with Crippen LogP contribution in [-0.2, 0) is 6.42 Å². The van der Waals surface area contributed by atoms with Crippen LogP contribution in [0, 0.1) is 6.92 Å². The van der Waals surface area contributed by atoms with E-state index in [1.165, 1.54) is 11.1 Å². The molecule has 0 saturated carbocycles. The predicted molar refractivity (Wildman–Crippen MR) is 87.9 cm³/mol. The summed E-state index contributed by atoms with van der Waals surface area (Å²) >= 11 is 15.9. The van der Waals surface area contributed by atoms with Gasteiger partial charge < -0.3 is 0 Å². The maximum Gasteiger partial charge on any atom is 0.0624 e. The van der Waals surface area contributed by atoms with Gasteiger partial charge in [-0.2, -0.15) is 0 Å². The highest BCUT2D eigenvalue weighted by Gasteiger charge is 2.14. The van der Waals surface area contributed by atoms with Crippen molar-refractivity contribution in [1.82, 2.24) is 0 Å². The Morgan fingerprint density at radius 3 is 2.37 bits per heavy atom. The molecule has 0 radical (unpaired) electrons. The van der Waals surface area contributed by atoms with Crippen molar-refractivity contribution in [1.29, 1.82) is 0 Å². The van der Waals surface area contributed by atoms with Crippen LogP contribution in [0.2, 0.25) is 10.0 Å². The molecule has 19 heavy (non-hydrogen) atoms. The lowest BCUT2D eigenvalue weighted by Gasteiger charge is -2.16. The molecule has 0 saturated heterocycles. The molecule has 0 aliphatic carbocycles. The first kappa shape index (κ1) is 14.9. The Kier molecular flexibility index (Phi) is 5.32. The van der Waals surface area contributed by atoms with E-state index < -0.39 is 0 Å². The molecule has 0 N–H and O–H groups in total. The Morgan fingerprint density at radius 2 is 1.74 bits per heavy atom. The Balaban J connectivity index is 2.24. The van der Waals surface area contributed by atoms with Gasteiger partial charge in [0.2, 0.25) is 0 Å². The van der Waals surface area contributed by atoms with Crippen LogP contribution >= 0.6 is 39.1 Å². The van der Waals surface area contributed by atoms with Crippen molar-refractivity contribution in [2.45, 2.75) is 19.3 Å². The molecule has 2 aromatic rings. The summed E-state index contributed by atoms with van der Waals surface area (Å²) in [5.41, 5.74) is 3.69. The van der Waals surface area contributed by atoms with E-state index in [1.54, 1.807) is 0 Å². The summed E-state index contributed by atoms with van der Waals surface area (Å²) < 4.78 is 0. The monoisotopic (exact) mass is 356 g/mol. The smallest absolute Gasteiger partial charge is 0.0624 e. The van der Waals surface area contributed by atoms with E-state index in [0.717, 1.165) is 17.3 Å². The topological polar surface area (TPSA) is 0 Å². The molecule has 0 spiro atoms. The third-order valence-corrected chi connectivity index (χ3v) is 4.87. The van der Waals surface area contributed by atoms with E-state index in [9.17, 15) is 0 Å². The van der Waals surface area contributed by atoms with Gasteiger partial charge in [-0.1, -0.05) is 81.1 Å². The fraction of sp³-hybridized carbons (Fsp3) is 0.250. The fourth-order valence-corrected chi connectivity index (χ4v) is 3.07. The van der Waals surface area contributed by atoms with Crippen molar-refractivity contribution >= 4 is 39.1 Å². The van der Waals surface area contributed by atoms with Crippen LogP contribution in [0.4, 0.5) is 0 Å². The van der Waals surface area contributed by atoms with Gasteiger partial charge >= 0.3 is 0 Å². The van der Waals surface area contributed by atoms with Crippen molar-refractivity contribution < 1.29 is 0 Å². The van der Waals surface area contributed by atoms with E-state index in [1.807, 2.05) is 18.2 Å². The third-order valence-electron chi connectivity index (χ3n) is 3.23. The van der Waals surface area contributed by atoms with Crippen molar-refractivity contribution in [3.05, 3.63) is 69.2 Å². The summed E-state index contributed by atoms with van der Waals surface area (Å²) in [4.78, 5) is 0. The second-order valence-electron chi connectivity index (χ2n) is 4.68. The molecular weight excluding hydrogens is 343 g/mol. The molecule has 2 rings (SSSR count). The maximum absolute atomic E-state index is 6.26. The molecule has 0 aliphatic rings. The van der Waals surface area contributed by atoms with Crippen LogP contribution < -0.4 is 0 Å². The number of alkyl halides is 1. The van der Waals surface area contributed by atoms with Crippen LogP contribution in [0.15, 0.2) is 42.5 Å². The lowest BCUT2D eigenvalue weighted by molar-refractivity contribution is 0.775. The molecule has 2 aromatic carbocycles. The number of benzene rings is 2. The van der Waals surface area contributed by atoms with E-state index >= 15 is 0 Å². The maximum atomic E-state index is 6.26. The summed E-state index contributed by atoms with van der Waals surface area (Å²) in [5, 5.41) is 2.19. The van der Waals surface area contributed by atoms with Crippen LogP contribution in [0.25, 0.3) is 0 Å². The Morgan fingerprint density at radius 1 is 1.05 bits per heavy atom. The molecule has 3 heteroatoms. The van der Waals surface area contributed by atoms with Gasteiger partial charge in [0.1, 0.15) is 0 Å². The van der Waals surface area contributed by atoms with Crippen molar-refractivity contribution in [2.24, 2.45) is 0 Å². The van der Waals surface area contributed by atoms with Gasteiger partial charge in [-0.05, 0) is 36.5 Å². The molecule has 0 heterocycles. The second-order valence-corrected chi connectivity index (χ2v) is 6.11. The van der Waals surface area contributed by atoms with Crippen molar-refractivity contribution in [3.8, 4) is 0 Å². The van der Waals surface area contributed by atoms with Crippen molar-refractivity contribution in [3.63, 3.8) is 0 Å². The number of aryl methyl sites for hydroxylation is 1. The predicted octanol–water partition coefficient (Wildman–Crippen LogP) is 6.02. The minimum atomic E-state index is 0.400. The molecule has 0 nitrogen and oxygen atoms in total. The minimum absolute atomic E-state index is 0.400. The van der Waals surface area contributed by atoms with Gasteiger partial charge in [0.15, 0.2) is 0 Å². The average molecular weight is 358 g/mol. The van der Waals surface area contributed by atoms with Gasteiger partial charge in [-0.25, -0.2) is 0 Å². The van der Waals surface area contributed by atoms with Crippen molar-refractivity contribution in [2.75, 3.05) is 5.33 Å². The SMILES string of the molecule is Cc1ccc(C(CBr)Cc2cccc(Cl)c2Cl)cc1. The molecule has 0 aromatic heterocycles. The molecule has 0 aliphatic heterocycles. The van der Waals surface area contributed by atoms with Crippen LogP contribution in [0.3, 0.4) is 0 Å². The number of halogens is 3. The molecule has 0 amide bonds. The summed E-state index contributed by atoms with van der Waals surface area (Å²) in [6, 6.07) is 14.5. The molecule has 1 atom stereocenters. The van der Waals surface area contributed by atoms with Crippen LogP contribution in [0.1, 0.15) is 22.6 Å². The van der Waals surface area contributed by atoms with E-state index in [-0.39, 0.29) is 0 Å². The summed E-state index contributed by atoms with van der Waals surface area (Å²) in [5.74, 6) is 0.400. The highest BCUT2D eigenvalue weighted by atomic mass is 79.9. The molecule has 0 bridgehead atoms. The summed E-state index contributed by atoms with van der Waals surface area (Å²) in [6.45, 7) is 2.10. The molecule has 100 valence electrons. The first-order valence-electron chi connectivity index (χ1n) is 6.17. The summed E-state index contributed by atoms with van der Waals surface area (Å²) in [6.07, 6.45) is 0.883. The number of hydrogen-bond donors (Lipinski definition) is 0. The van der Waals surface area contributed by atoms with E-state index in [2.05, 4.69) is 47.1 Å². The zero-order chi connectivity index (χ0) is 13.8. The van der Waals surface area contributed by atoms with Gasteiger partial charge in [0.05, 0.1) is 10.0 Å². The quantitative estimate of drug-likeness (QED) is 0.586.